The molecule has 0 aromatic heterocycles. The summed E-state index contributed by atoms with van der Waals surface area (Å²) in [7, 11) is -1.88. The van der Waals surface area contributed by atoms with Gasteiger partial charge in [0.2, 0.25) is 0 Å². The number of benzene rings is 2. The number of rotatable bonds is 3. The summed E-state index contributed by atoms with van der Waals surface area (Å²) in [5.41, 5.74) is -2.69. The Balaban J connectivity index is 0.000000335. The van der Waals surface area contributed by atoms with Crippen LogP contribution in [0.25, 0.3) is 0 Å². The number of β-amino-alcohol motifs (C(OH)–C–C–N with tert-alkyl or cyclic N) is 1. The molecule has 11 heteroatoms. The predicted octanol–water partition coefficient (Wildman–Crippen LogP) is 3.66. The molecule has 2 unspecified atom stereocenters. The largest absolute Gasteiger partial charge is 0.416 e. The van der Waals surface area contributed by atoms with Crippen molar-refractivity contribution in [2.24, 2.45) is 0 Å². The normalized spacial score (nSPS) is 20.2. The minimum Gasteiger partial charge on any atom is -0.393 e. The van der Waals surface area contributed by atoms with Gasteiger partial charge in [0.15, 0.2) is 0 Å². The third-order valence-electron chi connectivity index (χ3n) is 4.27. The minimum absolute atomic E-state index is 0.0438. The number of alkyl halides is 3. The molecule has 2 aromatic rings. The van der Waals surface area contributed by atoms with Crippen LogP contribution in [0.3, 0.4) is 0 Å². The highest BCUT2D eigenvalue weighted by molar-refractivity contribution is 7.82. The van der Waals surface area contributed by atoms with E-state index in [1.807, 2.05) is 24.3 Å². The van der Waals surface area contributed by atoms with E-state index in [1.165, 1.54) is 4.31 Å². The van der Waals surface area contributed by atoms with Gasteiger partial charge in [0.05, 0.1) is 22.6 Å². The molecule has 0 bridgehead atoms. The van der Waals surface area contributed by atoms with E-state index in [9.17, 15) is 22.5 Å². The smallest absolute Gasteiger partial charge is 0.393 e. The molecule has 30 heavy (non-hydrogen) atoms. The third kappa shape index (κ3) is 6.44. The van der Waals surface area contributed by atoms with E-state index in [0.29, 0.717) is 6.07 Å². The van der Waals surface area contributed by atoms with Crippen molar-refractivity contribution in [1.29, 1.82) is 5.26 Å². The van der Waals surface area contributed by atoms with Crippen LogP contribution < -0.4 is 0 Å². The molecule has 2 N–H and O–H groups in total. The van der Waals surface area contributed by atoms with Crippen molar-refractivity contribution in [3.63, 3.8) is 0 Å². The van der Waals surface area contributed by atoms with Crippen LogP contribution in [0.15, 0.2) is 52.3 Å². The van der Waals surface area contributed by atoms with E-state index in [2.05, 4.69) is 12.6 Å². The molecule has 1 aliphatic rings. The molecule has 0 spiro atoms. The zero-order valence-corrected chi connectivity index (χ0v) is 17.9. The van der Waals surface area contributed by atoms with Crippen LogP contribution in [0.2, 0.25) is 5.02 Å². The topological polar surface area (TPSA) is 84.6 Å². The molecule has 2 aromatic carbocycles. The monoisotopic (exact) mass is 478 g/mol. The fourth-order valence-corrected chi connectivity index (χ4v) is 4.26. The molecule has 1 fully saturated rings. The first kappa shape index (κ1) is 24.7. The summed E-state index contributed by atoms with van der Waals surface area (Å²) in [5, 5.41) is 28.7. The fraction of sp³-hybridized carbons (Fsp3) is 0.316. The van der Waals surface area contributed by atoms with Crippen LogP contribution in [0.1, 0.15) is 17.5 Å². The Morgan fingerprint density at radius 1 is 1.27 bits per heavy atom. The van der Waals surface area contributed by atoms with Crippen molar-refractivity contribution in [2.45, 2.75) is 28.0 Å². The van der Waals surface area contributed by atoms with Gasteiger partial charge in [-0.05, 0) is 48.9 Å². The van der Waals surface area contributed by atoms with Crippen molar-refractivity contribution >= 4 is 35.2 Å². The lowest BCUT2D eigenvalue weighted by Gasteiger charge is -2.20. The van der Waals surface area contributed by atoms with E-state index < -0.39 is 34.9 Å². The summed E-state index contributed by atoms with van der Waals surface area (Å²) in [6.07, 6.45) is -4.39. The molecule has 1 aliphatic heterocycles. The molecule has 0 saturated carbocycles. The number of hydrogen-bond donors (Lipinski definition) is 3. The zero-order chi connectivity index (χ0) is 22.5. The average molecular weight is 479 g/mol. The molecular formula is C19H18ClF3N2O3S2. The summed E-state index contributed by atoms with van der Waals surface area (Å²) >= 11 is 9.65. The first-order chi connectivity index (χ1) is 14.0. The SMILES string of the molecule is N#Cc1cc(C(F)(F)F)ccc1S(=O)N1CCC(O)(CO)C1.Sc1ccc(Cl)cc1. The van der Waals surface area contributed by atoms with E-state index in [-0.39, 0.29) is 30.0 Å². The molecular weight excluding hydrogens is 461 g/mol. The quantitative estimate of drug-likeness (QED) is 0.588. The molecule has 0 amide bonds. The van der Waals surface area contributed by atoms with Gasteiger partial charge in [-0.25, -0.2) is 8.51 Å². The minimum atomic E-state index is -4.59. The van der Waals surface area contributed by atoms with E-state index in [4.69, 9.17) is 22.0 Å². The number of halogens is 4. The average Bonchev–Trinajstić information content (AvgIpc) is 3.12. The first-order valence-electron chi connectivity index (χ1n) is 8.55. The van der Waals surface area contributed by atoms with Gasteiger partial charge in [0, 0.05) is 23.0 Å². The second-order valence-corrected chi connectivity index (χ2v) is 8.95. The molecule has 2 atom stereocenters. The van der Waals surface area contributed by atoms with Gasteiger partial charge in [0.25, 0.3) is 0 Å². The summed E-state index contributed by atoms with van der Waals surface area (Å²) in [4.78, 5) is 0.895. The van der Waals surface area contributed by atoms with Crippen LogP contribution in [0, 0.1) is 11.3 Å². The maximum Gasteiger partial charge on any atom is 0.416 e. The van der Waals surface area contributed by atoms with Crippen molar-refractivity contribution in [1.82, 2.24) is 4.31 Å². The van der Waals surface area contributed by atoms with Crippen LogP contribution in [0.5, 0.6) is 0 Å². The number of hydrogen-bond acceptors (Lipinski definition) is 5. The summed E-state index contributed by atoms with van der Waals surface area (Å²) in [6.45, 7) is -0.379. The highest BCUT2D eigenvalue weighted by Crippen LogP contribution is 2.32. The second-order valence-electron chi connectivity index (χ2n) is 6.54. The van der Waals surface area contributed by atoms with E-state index >= 15 is 0 Å². The van der Waals surface area contributed by atoms with E-state index in [0.717, 1.165) is 22.1 Å². The Labute approximate surface area is 184 Å². The van der Waals surface area contributed by atoms with Crippen molar-refractivity contribution < 1.29 is 27.6 Å². The van der Waals surface area contributed by atoms with Gasteiger partial charge in [-0.3, -0.25) is 0 Å². The van der Waals surface area contributed by atoms with Crippen molar-refractivity contribution in [3.8, 4) is 6.07 Å². The Hall–Kier alpha value is -1.61. The fourth-order valence-electron chi connectivity index (χ4n) is 2.62. The number of aliphatic hydroxyl groups excluding tert-OH is 1. The summed E-state index contributed by atoms with van der Waals surface area (Å²) in [5.74, 6) is 0. The van der Waals surface area contributed by atoms with Crippen LogP contribution in [-0.4, -0.2) is 44.0 Å². The van der Waals surface area contributed by atoms with Gasteiger partial charge < -0.3 is 10.2 Å². The summed E-state index contributed by atoms with van der Waals surface area (Å²) in [6, 6.07) is 11.4. The predicted molar refractivity (Wildman–Crippen MR) is 109 cm³/mol. The highest BCUT2D eigenvalue weighted by atomic mass is 35.5. The van der Waals surface area contributed by atoms with Crippen LogP contribution in [-0.2, 0) is 17.2 Å². The van der Waals surface area contributed by atoms with Gasteiger partial charge in [-0.2, -0.15) is 18.4 Å². The number of aliphatic hydroxyl groups is 2. The Kier molecular flexibility index (Phi) is 8.33. The van der Waals surface area contributed by atoms with Crippen molar-refractivity contribution in [3.05, 3.63) is 58.6 Å². The Morgan fingerprint density at radius 2 is 1.90 bits per heavy atom. The Morgan fingerprint density at radius 3 is 2.37 bits per heavy atom. The number of nitriles is 1. The van der Waals surface area contributed by atoms with Crippen LogP contribution in [0.4, 0.5) is 13.2 Å². The Bertz CT molecular complexity index is 931. The molecule has 1 heterocycles. The summed E-state index contributed by atoms with van der Waals surface area (Å²) < 4.78 is 51.6. The second kappa shape index (κ2) is 10.1. The number of nitrogens with zero attached hydrogens (tertiary/aromatic N) is 2. The zero-order valence-electron chi connectivity index (χ0n) is 15.4. The number of thiol groups is 1. The maximum absolute atomic E-state index is 12.6. The standard InChI is InChI=1S/C13H13F3N2O3S.C6H5ClS/c14-13(15,16)10-1-2-11(9(5-10)6-17)22(21)18-4-3-12(20,7-18)8-19;7-5-1-3-6(8)4-2-5/h1-2,5,19-20H,3-4,7-8H2;1-4,8H. The van der Waals surface area contributed by atoms with Gasteiger partial charge in [-0.15, -0.1) is 12.6 Å². The lowest BCUT2D eigenvalue weighted by Crippen LogP contribution is -2.37. The lowest BCUT2D eigenvalue weighted by atomic mass is 10.1. The third-order valence-corrected chi connectivity index (χ3v) is 6.33. The molecule has 5 nitrogen and oxygen atoms in total. The molecule has 0 radical (unpaired) electrons. The van der Waals surface area contributed by atoms with Gasteiger partial charge >= 0.3 is 6.18 Å². The maximum atomic E-state index is 12.6. The van der Waals surface area contributed by atoms with E-state index in [1.54, 1.807) is 6.07 Å². The van der Waals surface area contributed by atoms with Crippen LogP contribution >= 0.6 is 24.2 Å². The van der Waals surface area contributed by atoms with Gasteiger partial charge in [0.1, 0.15) is 22.7 Å². The van der Waals surface area contributed by atoms with Gasteiger partial charge in [-0.1, -0.05) is 11.6 Å². The molecule has 3 rings (SSSR count). The molecule has 162 valence electrons. The highest BCUT2D eigenvalue weighted by Gasteiger charge is 2.39. The van der Waals surface area contributed by atoms with Crippen molar-refractivity contribution in [2.75, 3.05) is 19.7 Å². The lowest BCUT2D eigenvalue weighted by molar-refractivity contribution is -0.137. The molecule has 0 aliphatic carbocycles. The first-order valence-corrected chi connectivity index (χ1v) is 10.5. The molecule has 1 saturated heterocycles.